The van der Waals surface area contributed by atoms with Gasteiger partial charge in [-0.05, 0) is 41.4 Å². The number of anilines is 2. The van der Waals surface area contributed by atoms with Crippen molar-refractivity contribution >= 4 is 22.4 Å². The predicted octanol–water partition coefficient (Wildman–Crippen LogP) is 1.85. The Kier molecular flexibility index (Phi) is 6.85. The number of ether oxygens (including phenoxy) is 2. The number of halogens is 1. The van der Waals surface area contributed by atoms with E-state index in [9.17, 15) is 0 Å². The first-order valence-electron chi connectivity index (χ1n) is 8.82. The van der Waals surface area contributed by atoms with Gasteiger partial charge >= 0.3 is 11.0 Å². The molecule has 4 rings (SSSR count). The average Bonchev–Trinajstić information content (AvgIpc) is 3.17. The Morgan fingerprint density at radius 3 is 2.14 bits per heavy atom. The lowest BCUT2D eigenvalue weighted by Gasteiger charge is -2.06. The second-order valence-electron chi connectivity index (χ2n) is 5.99. The number of hydrogen-bond donors (Lipinski definition) is 1. The molecule has 0 saturated carbocycles. The zero-order valence-corrected chi connectivity index (χ0v) is 18.4. The van der Waals surface area contributed by atoms with Crippen LogP contribution in [0.25, 0.3) is 17.1 Å². The zero-order chi connectivity index (χ0) is 19.3. The van der Waals surface area contributed by atoms with E-state index in [2.05, 4.69) is 9.27 Å². The van der Waals surface area contributed by atoms with Gasteiger partial charge in [-0.2, -0.15) is 0 Å². The maximum atomic E-state index is 5.58. The van der Waals surface area contributed by atoms with E-state index >= 15 is 0 Å². The molecule has 3 aromatic carbocycles. The molecule has 1 heterocycles. The van der Waals surface area contributed by atoms with Crippen LogP contribution in [-0.4, -0.2) is 19.2 Å². The monoisotopic (exact) mass is 469 g/mol. The number of nitrogens with zero attached hydrogens (tertiary/aromatic N) is 2. The number of nitrogens with one attached hydrogen (secondary N) is 1. The molecule has 4 aromatic rings. The Morgan fingerprint density at radius 1 is 0.793 bits per heavy atom. The average molecular weight is 470 g/mol. The lowest BCUT2D eigenvalue weighted by atomic mass is 10.2. The van der Waals surface area contributed by atoms with Gasteiger partial charge in [0.15, 0.2) is 11.4 Å². The van der Waals surface area contributed by atoms with E-state index in [1.807, 2.05) is 78.9 Å². The Balaban J connectivity index is 0.00000240. The van der Waals surface area contributed by atoms with Crippen LogP contribution >= 0.6 is 11.5 Å². The van der Waals surface area contributed by atoms with Crippen LogP contribution in [-0.2, 0) is 0 Å². The van der Waals surface area contributed by atoms with Crippen molar-refractivity contribution in [2.75, 3.05) is 19.5 Å². The van der Waals surface area contributed by atoms with E-state index in [4.69, 9.17) is 14.5 Å². The lowest BCUT2D eigenvalue weighted by Crippen LogP contribution is -3.00. The predicted molar refractivity (Wildman–Crippen MR) is 112 cm³/mol. The molecule has 0 radical (unpaired) electrons. The molecule has 0 atom stereocenters. The summed E-state index contributed by atoms with van der Waals surface area (Å²) in [4.78, 5) is 4.87. The van der Waals surface area contributed by atoms with Gasteiger partial charge in [0, 0.05) is 5.69 Å². The summed E-state index contributed by atoms with van der Waals surface area (Å²) in [5, 5.41) is 4.16. The van der Waals surface area contributed by atoms with Gasteiger partial charge in [0.2, 0.25) is 0 Å². The minimum Gasteiger partial charge on any atom is -1.00 e. The molecular formula is C22H20BrN3O2S. The van der Waals surface area contributed by atoms with Gasteiger partial charge in [-0.15, -0.1) is 3.96 Å². The molecule has 0 amide bonds. The van der Waals surface area contributed by atoms with Gasteiger partial charge < -0.3 is 31.8 Å². The van der Waals surface area contributed by atoms with Crippen molar-refractivity contribution in [3.63, 3.8) is 0 Å². The number of aromatic nitrogens is 2. The molecule has 1 N–H and O–H groups in total. The standard InChI is InChI=1S/C22H19N3O2S.BrH/c1-26-19-14-8-6-12-17(19)21-24-22(23-16-10-4-3-5-11-16)28-25(21)18-13-7-9-15-20(18)27-2;/h3-15H,1-2H3;1H. The molecule has 29 heavy (non-hydrogen) atoms. The second-order valence-corrected chi connectivity index (χ2v) is 6.92. The minimum atomic E-state index is 0. The normalized spacial score (nSPS) is 10.1. The third kappa shape index (κ3) is 4.41. The van der Waals surface area contributed by atoms with E-state index in [-0.39, 0.29) is 17.0 Å². The molecule has 0 aliphatic carbocycles. The fourth-order valence-corrected chi connectivity index (χ4v) is 3.89. The van der Waals surface area contributed by atoms with Crippen molar-refractivity contribution in [2.24, 2.45) is 0 Å². The summed E-state index contributed by atoms with van der Waals surface area (Å²) in [5.74, 6) is 2.33. The van der Waals surface area contributed by atoms with Crippen molar-refractivity contribution in [1.29, 1.82) is 0 Å². The summed E-state index contributed by atoms with van der Waals surface area (Å²) in [6.07, 6.45) is 0. The first-order valence-corrected chi connectivity index (χ1v) is 9.59. The topological polar surface area (TPSA) is 47.3 Å². The van der Waals surface area contributed by atoms with Crippen LogP contribution in [0.2, 0.25) is 0 Å². The Morgan fingerprint density at radius 2 is 1.41 bits per heavy atom. The van der Waals surface area contributed by atoms with Crippen LogP contribution in [0.5, 0.6) is 11.5 Å². The van der Waals surface area contributed by atoms with Gasteiger partial charge in [-0.3, -0.25) is 0 Å². The number of hydrogen-bond acceptors (Lipinski definition) is 5. The van der Waals surface area contributed by atoms with Crippen molar-refractivity contribution < 1.29 is 30.4 Å². The van der Waals surface area contributed by atoms with Crippen molar-refractivity contribution in [1.82, 2.24) is 4.98 Å². The molecule has 0 aliphatic heterocycles. The van der Waals surface area contributed by atoms with Crippen LogP contribution in [0.15, 0.2) is 78.9 Å². The summed E-state index contributed by atoms with van der Waals surface area (Å²) in [5.41, 5.74) is 2.81. The highest BCUT2D eigenvalue weighted by atomic mass is 79.9. The maximum absolute atomic E-state index is 5.58. The van der Waals surface area contributed by atoms with Crippen LogP contribution in [0.4, 0.5) is 10.8 Å². The molecule has 0 spiro atoms. The van der Waals surface area contributed by atoms with Crippen LogP contribution in [0.1, 0.15) is 0 Å². The van der Waals surface area contributed by atoms with Crippen molar-refractivity contribution in [3.8, 4) is 28.6 Å². The molecule has 7 heteroatoms. The molecule has 0 aliphatic rings. The number of para-hydroxylation sites is 4. The zero-order valence-electron chi connectivity index (χ0n) is 16.0. The number of benzene rings is 3. The number of methoxy groups -OCH3 is 2. The Hall–Kier alpha value is -2.90. The lowest BCUT2D eigenvalue weighted by molar-refractivity contribution is -0.510. The summed E-state index contributed by atoms with van der Waals surface area (Å²) in [6.45, 7) is 0. The van der Waals surface area contributed by atoms with Gasteiger partial charge in [0.1, 0.15) is 22.8 Å². The minimum absolute atomic E-state index is 0. The number of rotatable bonds is 6. The molecule has 0 bridgehead atoms. The van der Waals surface area contributed by atoms with Crippen molar-refractivity contribution in [3.05, 3.63) is 78.9 Å². The second kappa shape index (κ2) is 9.54. The van der Waals surface area contributed by atoms with Crippen LogP contribution in [0, 0.1) is 0 Å². The van der Waals surface area contributed by atoms with E-state index in [0.717, 1.165) is 39.4 Å². The molecule has 5 nitrogen and oxygen atoms in total. The Bertz CT molecular complexity index is 1020. The van der Waals surface area contributed by atoms with Gasteiger partial charge in [0.05, 0.1) is 14.2 Å². The SMILES string of the molecule is COc1ccccc1-c1nc(Nc2ccccc2)s[n+]1-c1ccccc1OC.[Br-]. The van der Waals surface area contributed by atoms with E-state index < -0.39 is 0 Å². The highest BCUT2D eigenvalue weighted by Crippen LogP contribution is 2.32. The van der Waals surface area contributed by atoms with E-state index in [1.165, 1.54) is 11.5 Å². The Labute approximate surface area is 184 Å². The molecular weight excluding hydrogens is 450 g/mol. The van der Waals surface area contributed by atoms with Crippen molar-refractivity contribution in [2.45, 2.75) is 0 Å². The molecule has 0 saturated heterocycles. The quantitative estimate of drug-likeness (QED) is 0.437. The largest absolute Gasteiger partial charge is 1.00 e. The molecule has 0 fully saturated rings. The first-order chi connectivity index (χ1) is 13.8. The maximum Gasteiger partial charge on any atom is 0.354 e. The highest BCUT2D eigenvalue weighted by Gasteiger charge is 2.28. The smallest absolute Gasteiger partial charge is 0.354 e. The third-order valence-electron chi connectivity index (χ3n) is 4.25. The third-order valence-corrected chi connectivity index (χ3v) is 5.17. The van der Waals surface area contributed by atoms with Gasteiger partial charge in [-0.1, -0.05) is 42.5 Å². The highest BCUT2D eigenvalue weighted by molar-refractivity contribution is 7.06. The summed E-state index contributed by atoms with van der Waals surface area (Å²) in [6, 6.07) is 25.8. The first kappa shape index (κ1) is 20.8. The molecule has 148 valence electrons. The summed E-state index contributed by atoms with van der Waals surface area (Å²) < 4.78 is 13.2. The fraction of sp³-hybridized carbons (Fsp3) is 0.0909. The van der Waals surface area contributed by atoms with Gasteiger partial charge in [-0.25, -0.2) is 0 Å². The summed E-state index contributed by atoms with van der Waals surface area (Å²) >= 11 is 1.51. The molecule has 1 aromatic heterocycles. The van der Waals surface area contributed by atoms with Gasteiger partial charge in [0.25, 0.3) is 0 Å². The van der Waals surface area contributed by atoms with E-state index in [0.29, 0.717) is 0 Å². The summed E-state index contributed by atoms with van der Waals surface area (Å²) in [7, 11) is 3.34. The molecule has 0 unspecified atom stereocenters. The van der Waals surface area contributed by atoms with Crippen LogP contribution < -0.4 is 35.7 Å². The van der Waals surface area contributed by atoms with E-state index in [1.54, 1.807) is 14.2 Å². The van der Waals surface area contributed by atoms with Crippen LogP contribution in [0.3, 0.4) is 0 Å². The fourth-order valence-electron chi connectivity index (χ4n) is 2.95.